The van der Waals surface area contributed by atoms with Crippen molar-refractivity contribution in [1.82, 2.24) is 0 Å². The third-order valence-corrected chi connectivity index (χ3v) is 18.2. The molecule has 0 amide bonds. The van der Waals surface area contributed by atoms with Crippen LogP contribution in [0, 0.1) is 11.8 Å². The molecule has 4 aliphatic carbocycles. The van der Waals surface area contributed by atoms with Gasteiger partial charge in [0.05, 0.1) is 11.4 Å². The van der Waals surface area contributed by atoms with E-state index >= 15 is 0 Å². The van der Waals surface area contributed by atoms with Crippen LogP contribution in [0.2, 0.25) is 0 Å². The van der Waals surface area contributed by atoms with Crippen LogP contribution in [-0.4, -0.2) is 0 Å². The van der Waals surface area contributed by atoms with E-state index in [1.165, 1.54) is 130 Å². The maximum atomic E-state index is 2.64. The van der Waals surface area contributed by atoms with Gasteiger partial charge in [0.25, 0.3) is 0 Å². The van der Waals surface area contributed by atoms with Gasteiger partial charge in [0, 0.05) is 33.6 Å². The minimum atomic E-state index is -0.167. The molecule has 364 valence electrons. The molecular weight excluding hydrogens is 917 g/mol. The highest BCUT2D eigenvalue weighted by atomic mass is 15.2. The molecular formula is C74H58N2. The number of hydrogen-bond donors (Lipinski definition) is 0. The summed E-state index contributed by atoms with van der Waals surface area (Å²) >= 11 is 0. The smallest absolute Gasteiger partial charge is 0.0505 e. The quantitative estimate of drug-likeness (QED) is 0.142. The number of nitrogens with zero attached hydrogens (tertiary/aromatic N) is 2. The first-order valence-corrected chi connectivity index (χ1v) is 27.4. The van der Waals surface area contributed by atoms with Crippen LogP contribution in [0.1, 0.15) is 60.1 Å². The summed E-state index contributed by atoms with van der Waals surface area (Å²) in [5.41, 5.74) is 25.9. The van der Waals surface area contributed by atoms with Crippen molar-refractivity contribution >= 4 is 44.9 Å². The predicted octanol–water partition coefficient (Wildman–Crippen LogP) is 19.5. The van der Waals surface area contributed by atoms with Crippen LogP contribution in [0.4, 0.5) is 34.1 Å². The summed E-state index contributed by atoms with van der Waals surface area (Å²) < 4.78 is 0. The summed E-state index contributed by atoms with van der Waals surface area (Å²) in [5, 5.41) is 2.50. The van der Waals surface area contributed by atoms with Crippen LogP contribution in [0.25, 0.3) is 55.3 Å². The molecule has 0 aliphatic heterocycles. The summed E-state index contributed by atoms with van der Waals surface area (Å²) in [4.78, 5) is 5.19. The summed E-state index contributed by atoms with van der Waals surface area (Å²) in [5.74, 6) is 0.991. The van der Waals surface area contributed by atoms with Crippen molar-refractivity contribution in [3.05, 3.63) is 288 Å². The average Bonchev–Trinajstić information content (AvgIpc) is 4.33. The maximum Gasteiger partial charge on any atom is 0.0505 e. The third-order valence-electron chi connectivity index (χ3n) is 18.2. The van der Waals surface area contributed by atoms with E-state index in [1.54, 1.807) is 0 Å². The molecule has 1 fully saturated rings. The molecule has 2 nitrogen and oxygen atoms in total. The molecule has 11 aromatic carbocycles. The Labute approximate surface area is 447 Å². The van der Waals surface area contributed by atoms with Crippen LogP contribution in [0.3, 0.4) is 0 Å². The molecule has 11 aromatic rings. The van der Waals surface area contributed by atoms with Crippen LogP contribution in [0.5, 0.6) is 0 Å². The molecule has 0 saturated heterocycles. The topological polar surface area (TPSA) is 6.48 Å². The van der Waals surface area contributed by atoms with E-state index in [9.17, 15) is 0 Å². The Kier molecular flexibility index (Phi) is 10.3. The van der Waals surface area contributed by atoms with Gasteiger partial charge < -0.3 is 9.80 Å². The van der Waals surface area contributed by atoms with E-state index in [0.29, 0.717) is 11.8 Å². The van der Waals surface area contributed by atoms with Crippen molar-refractivity contribution in [1.29, 1.82) is 0 Å². The van der Waals surface area contributed by atoms with Crippen LogP contribution in [0.15, 0.2) is 255 Å². The summed E-state index contributed by atoms with van der Waals surface area (Å²) in [6.07, 6.45) is 4.63. The van der Waals surface area contributed by atoms with Gasteiger partial charge in [-0.1, -0.05) is 208 Å². The van der Waals surface area contributed by atoms with Gasteiger partial charge in [0.1, 0.15) is 0 Å². The molecule has 0 N–H and O–H groups in total. The Hall–Kier alpha value is -8.72. The molecule has 3 atom stereocenters. The number of anilines is 6. The fraction of sp³-hybridized carbons (Fsp3) is 0.135. The molecule has 0 heterocycles. The minimum Gasteiger partial charge on any atom is -0.310 e. The van der Waals surface area contributed by atoms with Crippen LogP contribution >= 0.6 is 0 Å². The molecule has 1 saturated carbocycles. The maximum absolute atomic E-state index is 2.64. The molecule has 4 aliphatic rings. The van der Waals surface area contributed by atoms with Gasteiger partial charge in [0.15, 0.2) is 0 Å². The molecule has 0 bridgehead atoms. The third kappa shape index (κ3) is 6.72. The predicted molar refractivity (Wildman–Crippen MR) is 318 cm³/mol. The van der Waals surface area contributed by atoms with Crippen molar-refractivity contribution in [3.8, 4) is 44.5 Å². The first-order chi connectivity index (χ1) is 37.4. The standard InChI is InChI=1S/C74H58N2/c1-73(2)66-29-15-14-28-64(66)65-45-43-61(48-67(65)73)76(60-41-36-52(37-42-60)63-44-38-51-20-12-13-27-62(51)70(63)53-34-32-50(33-35-53)49-18-6-3-7-19-49)69-31-17-22-55-47-57-40-39-56-46-54-21-16-30-68(71(54)74(56,57)72(55)69)75(58-23-8-4-9-24-58)59-25-10-5-11-26-59/h3-38,41-45,48,56-57H,39-40,46-47H2,1-2H3. The van der Waals surface area contributed by atoms with Gasteiger partial charge in [-0.15, -0.1) is 0 Å². The zero-order valence-electron chi connectivity index (χ0n) is 43.1. The fourth-order valence-corrected chi connectivity index (χ4v) is 14.9. The Morgan fingerprint density at radius 2 is 0.842 bits per heavy atom. The van der Waals surface area contributed by atoms with Gasteiger partial charge in [-0.3, -0.25) is 0 Å². The van der Waals surface area contributed by atoms with Crippen molar-refractivity contribution < 1.29 is 0 Å². The highest BCUT2D eigenvalue weighted by Gasteiger charge is 2.62. The van der Waals surface area contributed by atoms with E-state index in [2.05, 4.69) is 278 Å². The van der Waals surface area contributed by atoms with E-state index in [-0.39, 0.29) is 10.8 Å². The minimum absolute atomic E-state index is 0.153. The van der Waals surface area contributed by atoms with Crippen molar-refractivity contribution in [2.45, 2.75) is 50.4 Å². The van der Waals surface area contributed by atoms with E-state index in [0.717, 1.165) is 18.5 Å². The first kappa shape index (κ1) is 44.7. The molecule has 15 rings (SSSR count). The number of fused-ring (bicyclic) bond motifs is 6. The lowest BCUT2D eigenvalue weighted by Crippen LogP contribution is -2.34. The lowest BCUT2D eigenvalue weighted by Gasteiger charge is -2.40. The number of rotatable bonds is 9. The van der Waals surface area contributed by atoms with Crippen molar-refractivity contribution in [3.63, 3.8) is 0 Å². The summed E-state index contributed by atoms with van der Waals surface area (Å²) in [6, 6.07) is 95.8. The second-order valence-corrected chi connectivity index (χ2v) is 22.3. The van der Waals surface area contributed by atoms with Gasteiger partial charge in [-0.05, 0) is 187 Å². The van der Waals surface area contributed by atoms with Crippen LogP contribution in [-0.2, 0) is 23.7 Å². The summed E-state index contributed by atoms with van der Waals surface area (Å²) in [7, 11) is 0. The number of hydrogen-bond acceptors (Lipinski definition) is 2. The largest absolute Gasteiger partial charge is 0.310 e. The molecule has 76 heavy (non-hydrogen) atoms. The highest BCUT2D eigenvalue weighted by molar-refractivity contribution is 6.04. The average molecular weight is 975 g/mol. The molecule has 0 aromatic heterocycles. The Morgan fingerprint density at radius 3 is 1.50 bits per heavy atom. The molecule has 2 heteroatoms. The lowest BCUT2D eigenvalue weighted by molar-refractivity contribution is 0.350. The molecule has 1 spiro atoms. The SMILES string of the molecule is CC1(C)c2ccccc2-c2ccc(N(c3ccc(-c4ccc5ccccc5c4-c4ccc(-c5ccccc5)cc4)cc3)c3cccc4c3C35c6c(cccc6N(c6ccccc6)c6ccccc6)CC3CCC5C4)cc21. The normalized spacial score (nSPS) is 18.1. The highest BCUT2D eigenvalue weighted by Crippen LogP contribution is 2.69. The lowest BCUT2D eigenvalue weighted by atomic mass is 9.68. The zero-order valence-corrected chi connectivity index (χ0v) is 43.1. The van der Waals surface area contributed by atoms with Crippen LogP contribution < -0.4 is 9.80 Å². The van der Waals surface area contributed by atoms with Gasteiger partial charge >= 0.3 is 0 Å². The zero-order chi connectivity index (χ0) is 50.5. The summed E-state index contributed by atoms with van der Waals surface area (Å²) in [6.45, 7) is 4.82. The number of para-hydroxylation sites is 2. The Balaban J connectivity index is 0.925. The van der Waals surface area contributed by atoms with Crippen molar-refractivity contribution in [2.24, 2.45) is 11.8 Å². The van der Waals surface area contributed by atoms with Gasteiger partial charge in [-0.25, -0.2) is 0 Å². The molecule has 0 radical (unpaired) electrons. The fourth-order valence-electron chi connectivity index (χ4n) is 14.9. The monoisotopic (exact) mass is 974 g/mol. The molecule has 3 unspecified atom stereocenters. The van der Waals surface area contributed by atoms with E-state index in [4.69, 9.17) is 0 Å². The Bertz CT molecular complexity index is 3980. The van der Waals surface area contributed by atoms with Gasteiger partial charge in [-0.2, -0.15) is 0 Å². The van der Waals surface area contributed by atoms with E-state index < -0.39 is 0 Å². The second kappa shape index (κ2) is 17.4. The number of benzene rings is 11. The first-order valence-electron chi connectivity index (χ1n) is 27.4. The van der Waals surface area contributed by atoms with Crippen molar-refractivity contribution in [2.75, 3.05) is 9.80 Å². The Morgan fingerprint density at radius 1 is 0.355 bits per heavy atom. The second-order valence-electron chi connectivity index (χ2n) is 22.3. The van der Waals surface area contributed by atoms with Gasteiger partial charge in [0.2, 0.25) is 0 Å². The van der Waals surface area contributed by atoms with E-state index in [1.807, 2.05) is 0 Å².